The molecule has 0 radical (unpaired) electrons. The van der Waals surface area contributed by atoms with Gasteiger partial charge in [-0.2, -0.15) is 0 Å². The molecule has 26 valence electrons. The van der Waals surface area contributed by atoms with Crippen LogP contribution in [-0.2, 0) is 3.80 Å². The van der Waals surface area contributed by atoms with Gasteiger partial charge in [-0.25, -0.2) is 0 Å². The van der Waals surface area contributed by atoms with Gasteiger partial charge < -0.3 is 1.43 Å². The van der Waals surface area contributed by atoms with Crippen LogP contribution in [0.15, 0.2) is 0 Å². The van der Waals surface area contributed by atoms with Gasteiger partial charge in [0.05, 0.1) is 0 Å². The SMILES string of the molecule is Cl.[H-].[Li+].[O]=[Al][OH]. The Balaban J connectivity index is -0.00000000667. The second-order valence-electron chi connectivity index (χ2n) is 0.105. The summed E-state index contributed by atoms with van der Waals surface area (Å²) in [5.74, 6) is 0. The number of hydrogen-bond acceptors (Lipinski definition) is 1. The van der Waals surface area contributed by atoms with Crippen molar-refractivity contribution in [2.24, 2.45) is 0 Å². The Hall–Kier alpha value is 1.02. The van der Waals surface area contributed by atoms with Crippen LogP contribution in [0.5, 0.6) is 0 Å². The monoisotopic (exact) mass is 104 g/mol. The summed E-state index contributed by atoms with van der Waals surface area (Å²) in [5, 5.41) is 0. The molecule has 0 spiro atoms. The van der Waals surface area contributed by atoms with Crippen molar-refractivity contribution in [2.75, 3.05) is 0 Å². The maximum atomic E-state index is 8.57. The fraction of sp³-hybridized carbons (Fsp3) is 0. The van der Waals surface area contributed by atoms with E-state index in [9.17, 15) is 0 Å². The summed E-state index contributed by atoms with van der Waals surface area (Å²) >= 11 is -1.50. The topological polar surface area (TPSA) is 37.3 Å². The zero-order valence-corrected chi connectivity index (χ0v) is 4.81. The van der Waals surface area contributed by atoms with Crippen LogP contribution in [0, 0.1) is 0 Å². The first-order chi connectivity index (χ1) is 1.41. The number of halogens is 1. The summed E-state index contributed by atoms with van der Waals surface area (Å²) in [6.45, 7) is 0. The molecule has 0 aromatic heterocycles. The van der Waals surface area contributed by atoms with Crippen molar-refractivity contribution in [3.05, 3.63) is 0 Å². The Kier molecular flexibility index (Phi) is 66.1. The van der Waals surface area contributed by atoms with E-state index in [2.05, 4.69) is 0 Å². The van der Waals surface area contributed by atoms with Gasteiger partial charge in [-0.05, 0) is 0 Å². The third-order valence-electron chi connectivity index (χ3n) is 0. The van der Waals surface area contributed by atoms with E-state index in [0.29, 0.717) is 0 Å². The molecule has 0 aliphatic rings. The first-order valence-electron chi connectivity index (χ1n) is 0.494. The van der Waals surface area contributed by atoms with Gasteiger partial charge in [-0.1, -0.05) is 0 Å². The molecule has 0 aromatic carbocycles. The average Bonchev–Trinajstić information content (AvgIpc) is 0.918. The van der Waals surface area contributed by atoms with E-state index < -0.39 is 15.5 Å². The summed E-state index contributed by atoms with van der Waals surface area (Å²) in [7, 11) is 0. The van der Waals surface area contributed by atoms with Crippen molar-refractivity contribution in [3.63, 3.8) is 0 Å². The molecule has 0 fully saturated rings. The van der Waals surface area contributed by atoms with Crippen LogP contribution in [0.1, 0.15) is 1.43 Å². The van der Waals surface area contributed by atoms with Gasteiger partial charge in [0.1, 0.15) is 0 Å². The molecule has 0 amide bonds. The quantitative estimate of drug-likeness (QED) is 0.324. The van der Waals surface area contributed by atoms with E-state index in [0.717, 1.165) is 0 Å². The zero-order valence-electron chi connectivity index (χ0n) is 3.84. The summed E-state index contributed by atoms with van der Waals surface area (Å²) in [5.41, 5.74) is 0. The van der Waals surface area contributed by atoms with Gasteiger partial charge in [-0.15, -0.1) is 12.4 Å². The van der Waals surface area contributed by atoms with E-state index in [1.165, 1.54) is 0 Å². The molecule has 0 saturated heterocycles. The normalized spacial score (nSPS) is 1.60. The van der Waals surface area contributed by atoms with Crippen LogP contribution in [0.3, 0.4) is 0 Å². The summed E-state index contributed by atoms with van der Waals surface area (Å²) < 4.78 is 15.7. The van der Waals surface area contributed by atoms with Gasteiger partial charge >= 0.3 is 42.3 Å². The molecule has 0 rings (SSSR count). The molecule has 0 aromatic rings. The van der Waals surface area contributed by atoms with Gasteiger partial charge in [0, 0.05) is 0 Å². The molecule has 2 nitrogen and oxygen atoms in total. The molecular formula is H3AlClLiO2. The molecule has 1 N–H and O–H groups in total. The van der Waals surface area contributed by atoms with Crippen molar-refractivity contribution >= 4 is 27.9 Å². The third kappa shape index (κ3) is 44.0. The van der Waals surface area contributed by atoms with Gasteiger partial charge in [0.25, 0.3) is 0 Å². The van der Waals surface area contributed by atoms with Gasteiger partial charge in [0.15, 0.2) is 0 Å². The van der Waals surface area contributed by atoms with E-state index >= 15 is 0 Å². The predicted octanol–water partition coefficient (Wildman–Crippen LogP) is -3.52. The van der Waals surface area contributed by atoms with Crippen LogP contribution in [-0.4, -0.2) is 19.6 Å². The standard InChI is InChI=1S/Al.ClH.Li.H2O.O.H/h;1H;;1H2;;/q+1;;+1;;;-1/p-1. The zero-order chi connectivity index (χ0) is 2.71. The summed E-state index contributed by atoms with van der Waals surface area (Å²) in [6, 6.07) is 0. The summed E-state index contributed by atoms with van der Waals surface area (Å²) in [6.07, 6.45) is 0. The Morgan fingerprint density at radius 1 is 1.80 bits per heavy atom. The maximum absolute atomic E-state index is 8.57. The summed E-state index contributed by atoms with van der Waals surface area (Å²) in [4.78, 5) is 0. The van der Waals surface area contributed by atoms with Crippen LogP contribution in [0.25, 0.3) is 0 Å². The van der Waals surface area contributed by atoms with Crippen LogP contribution >= 0.6 is 12.4 Å². The molecule has 0 bridgehead atoms. The van der Waals surface area contributed by atoms with Crippen molar-refractivity contribution in [3.8, 4) is 0 Å². The molecule has 0 heterocycles. The van der Waals surface area contributed by atoms with E-state index in [4.69, 9.17) is 7.96 Å². The van der Waals surface area contributed by atoms with Crippen molar-refractivity contribution < 1.29 is 28.2 Å². The van der Waals surface area contributed by atoms with Gasteiger partial charge in [0.2, 0.25) is 0 Å². The van der Waals surface area contributed by atoms with E-state index in [1.807, 2.05) is 0 Å². The Morgan fingerprint density at radius 2 is 1.80 bits per heavy atom. The molecule has 5 heteroatoms. The first-order valence-corrected chi connectivity index (χ1v) is 1.48. The van der Waals surface area contributed by atoms with Crippen molar-refractivity contribution in [1.29, 1.82) is 0 Å². The van der Waals surface area contributed by atoms with E-state index in [-0.39, 0.29) is 32.7 Å². The molecule has 0 aliphatic carbocycles. The van der Waals surface area contributed by atoms with E-state index in [1.54, 1.807) is 0 Å². The molecule has 0 aliphatic heterocycles. The molecule has 5 heavy (non-hydrogen) atoms. The minimum atomic E-state index is -1.50. The van der Waals surface area contributed by atoms with Crippen LogP contribution in [0.2, 0.25) is 0 Å². The van der Waals surface area contributed by atoms with Crippen molar-refractivity contribution in [1.82, 2.24) is 0 Å². The second-order valence-corrected chi connectivity index (χ2v) is 0.316. The fourth-order valence-electron chi connectivity index (χ4n) is 0. The Morgan fingerprint density at radius 3 is 1.80 bits per heavy atom. The number of hydrogen-bond donors (Lipinski definition) is 1. The van der Waals surface area contributed by atoms with Crippen molar-refractivity contribution in [2.45, 2.75) is 0 Å². The van der Waals surface area contributed by atoms with Crippen LogP contribution < -0.4 is 18.9 Å². The molecular weight excluding hydrogens is 101 g/mol. The third-order valence-corrected chi connectivity index (χ3v) is 0. The fourth-order valence-corrected chi connectivity index (χ4v) is 0. The average molecular weight is 104 g/mol. The number of rotatable bonds is 0. The Labute approximate surface area is 56.3 Å². The molecule has 0 unspecified atom stereocenters. The molecule has 0 atom stereocenters. The van der Waals surface area contributed by atoms with Gasteiger partial charge in [-0.3, -0.25) is 0 Å². The van der Waals surface area contributed by atoms with Crippen LogP contribution in [0.4, 0.5) is 0 Å². The Bertz CT molecular complexity index is 21.0. The second kappa shape index (κ2) is 19.9. The molecule has 0 saturated carbocycles. The minimum absolute atomic E-state index is 0. The first kappa shape index (κ1) is 16.6. The predicted molar refractivity (Wildman–Crippen MR) is 17.0 cm³/mol.